The lowest BCUT2D eigenvalue weighted by atomic mass is 10.1. The van der Waals surface area contributed by atoms with Gasteiger partial charge in [-0.2, -0.15) is 0 Å². The van der Waals surface area contributed by atoms with Crippen LogP contribution >= 0.6 is 0 Å². The summed E-state index contributed by atoms with van der Waals surface area (Å²) < 4.78 is 19.7. The fourth-order valence-corrected chi connectivity index (χ4v) is 3.53. The average molecular weight is 398 g/mol. The van der Waals surface area contributed by atoms with Crippen molar-refractivity contribution in [2.45, 2.75) is 51.2 Å². The standard InChI is InChI=1S/C23H27FN2O3/c1-17(23(28)25-19-10-6-7-11-19)26(15-18-9-5-8-14-21(18)24)22(27)16-29-20-12-3-2-4-13-20/h2-5,8-9,12-14,17,19H,6-7,10-11,15-16H2,1H3,(H,25,28). The van der Waals surface area contributed by atoms with Gasteiger partial charge in [0, 0.05) is 18.2 Å². The van der Waals surface area contributed by atoms with Gasteiger partial charge in [0.25, 0.3) is 5.91 Å². The maximum absolute atomic E-state index is 14.2. The van der Waals surface area contributed by atoms with Gasteiger partial charge in [0.15, 0.2) is 6.61 Å². The fraction of sp³-hybridized carbons (Fsp3) is 0.391. The molecule has 0 heterocycles. The number of halogens is 1. The first-order valence-electron chi connectivity index (χ1n) is 10.1. The first-order chi connectivity index (χ1) is 14.0. The molecule has 0 spiro atoms. The van der Waals surface area contributed by atoms with Crippen molar-refractivity contribution in [2.24, 2.45) is 0 Å². The van der Waals surface area contributed by atoms with E-state index in [4.69, 9.17) is 4.74 Å². The molecule has 0 saturated heterocycles. The number of ether oxygens (including phenoxy) is 1. The molecular formula is C23H27FN2O3. The summed E-state index contributed by atoms with van der Waals surface area (Å²) in [6.45, 7) is 1.45. The Morgan fingerprint density at radius 3 is 2.45 bits per heavy atom. The number of carbonyl (C=O) groups is 2. The quantitative estimate of drug-likeness (QED) is 0.738. The molecular weight excluding hydrogens is 371 g/mol. The second kappa shape index (κ2) is 10.0. The molecule has 1 aliphatic rings. The lowest BCUT2D eigenvalue weighted by Gasteiger charge is -2.29. The molecule has 1 fully saturated rings. The van der Waals surface area contributed by atoms with Crippen molar-refractivity contribution in [1.82, 2.24) is 10.2 Å². The van der Waals surface area contributed by atoms with E-state index in [-0.39, 0.29) is 31.0 Å². The third kappa shape index (κ3) is 5.79. The smallest absolute Gasteiger partial charge is 0.261 e. The largest absolute Gasteiger partial charge is 0.484 e. The molecule has 2 aromatic rings. The maximum Gasteiger partial charge on any atom is 0.261 e. The summed E-state index contributed by atoms with van der Waals surface area (Å²) in [4.78, 5) is 27.0. The zero-order valence-corrected chi connectivity index (χ0v) is 16.6. The first kappa shape index (κ1) is 20.8. The average Bonchev–Trinajstić information content (AvgIpc) is 3.24. The number of hydrogen-bond donors (Lipinski definition) is 1. The summed E-state index contributed by atoms with van der Waals surface area (Å²) >= 11 is 0. The van der Waals surface area contributed by atoms with Gasteiger partial charge in [0.1, 0.15) is 17.6 Å². The van der Waals surface area contributed by atoms with Crippen LogP contribution in [0.5, 0.6) is 5.75 Å². The third-order valence-corrected chi connectivity index (χ3v) is 5.27. The number of para-hydroxylation sites is 1. The van der Waals surface area contributed by atoms with Gasteiger partial charge in [-0.3, -0.25) is 9.59 Å². The molecule has 6 heteroatoms. The minimum Gasteiger partial charge on any atom is -0.484 e. The highest BCUT2D eigenvalue weighted by Gasteiger charge is 2.29. The van der Waals surface area contributed by atoms with Gasteiger partial charge in [-0.1, -0.05) is 49.2 Å². The predicted octanol–water partition coefficient (Wildman–Crippen LogP) is 3.68. The number of nitrogens with zero attached hydrogens (tertiary/aromatic N) is 1. The monoisotopic (exact) mass is 398 g/mol. The van der Waals surface area contributed by atoms with Gasteiger partial charge in [0.05, 0.1) is 0 Å². The topological polar surface area (TPSA) is 58.6 Å². The number of benzene rings is 2. The van der Waals surface area contributed by atoms with Crippen molar-refractivity contribution >= 4 is 11.8 Å². The van der Waals surface area contributed by atoms with Crippen LogP contribution in [0.3, 0.4) is 0 Å². The van der Waals surface area contributed by atoms with Crippen LogP contribution in [0, 0.1) is 5.82 Å². The van der Waals surface area contributed by atoms with E-state index >= 15 is 0 Å². The first-order valence-corrected chi connectivity index (χ1v) is 10.1. The molecule has 1 aliphatic carbocycles. The van der Waals surface area contributed by atoms with E-state index in [9.17, 15) is 14.0 Å². The van der Waals surface area contributed by atoms with Crippen LogP contribution in [0.15, 0.2) is 54.6 Å². The molecule has 1 saturated carbocycles. The van der Waals surface area contributed by atoms with Gasteiger partial charge in [-0.05, 0) is 38.0 Å². The van der Waals surface area contributed by atoms with Crippen LogP contribution in [-0.2, 0) is 16.1 Å². The minimum atomic E-state index is -0.734. The summed E-state index contributed by atoms with van der Waals surface area (Å²) in [6, 6.07) is 14.7. The van der Waals surface area contributed by atoms with Crippen LogP contribution in [-0.4, -0.2) is 35.4 Å². The van der Waals surface area contributed by atoms with Crippen molar-refractivity contribution < 1.29 is 18.7 Å². The van der Waals surface area contributed by atoms with Crippen molar-refractivity contribution in [1.29, 1.82) is 0 Å². The minimum absolute atomic E-state index is 0.00289. The lowest BCUT2D eigenvalue weighted by Crippen LogP contribution is -2.50. The van der Waals surface area contributed by atoms with Crippen LogP contribution in [0.2, 0.25) is 0 Å². The van der Waals surface area contributed by atoms with Crippen LogP contribution in [0.25, 0.3) is 0 Å². The van der Waals surface area contributed by atoms with Crippen molar-refractivity contribution in [2.75, 3.05) is 6.61 Å². The molecule has 0 aliphatic heterocycles. The molecule has 0 bridgehead atoms. The summed E-state index contributed by atoms with van der Waals surface area (Å²) in [6.07, 6.45) is 4.11. The highest BCUT2D eigenvalue weighted by atomic mass is 19.1. The molecule has 1 atom stereocenters. The van der Waals surface area contributed by atoms with Crippen LogP contribution in [0.4, 0.5) is 4.39 Å². The number of carbonyl (C=O) groups excluding carboxylic acids is 2. The third-order valence-electron chi connectivity index (χ3n) is 5.27. The molecule has 2 aromatic carbocycles. The molecule has 1 N–H and O–H groups in total. The second-order valence-electron chi connectivity index (χ2n) is 7.38. The van der Waals surface area contributed by atoms with E-state index in [2.05, 4.69) is 5.32 Å². The van der Waals surface area contributed by atoms with E-state index in [0.717, 1.165) is 25.7 Å². The summed E-state index contributed by atoms with van der Waals surface area (Å²) in [5.74, 6) is -0.431. The van der Waals surface area contributed by atoms with E-state index < -0.39 is 11.9 Å². The van der Waals surface area contributed by atoms with Gasteiger partial charge in [0.2, 0.25) is 5.91 Å². The molecule has 154 valence electrons. The van der Waals surface area contributed by atoms with E-state index in [1.54, 1.807) is 37.3 Å². The molecule has 3 rings (SSSR count). The Kier molecular flexibility index (Phi) is 7.22. The van der Waals surface area contributed by atoms with Gasteiger partial charge < -0.3 is 15.0 Å². The molecule has 5 nitrogen and oxygen atoms in total. The fourth-order valence-electron chi connectivity index (χ4n) is 3.53. The number of amides is 2. The number of nitrogens with one attached hydrogen (secondary N) is 1. The Morgan fingerprint density at radius 1 is 1.10 bits per heavy atom. The Bertz CT molecular complexity index is 822. The molecule has 2 amide bonds. The Balaban J connectivity index is 1.71. The Labute approximate surface area is 170 Å². The molecule has 1 unspecified atom stereocenters. The summed E-state index contributed by atoms with van der Waals surface area (Å²) in [5.41, 5.74) is 0.362. The zero-order chi connectivity index (χ0) is 20.6. The number of rotatable bonds is 8. The summed E-state index contributed by atoms with van der Waals surface area (Å²) in [5, 5.41) is 3.02. The highest BCUT2D eigenvalue weighted by Crippen LogP contribution is 2.19. The maximum atomic E-state index is 14.2. The van der Waals surface area contributed by atoms with Crippen molar-refractivity contribution in [3.05, 3.63) is 66.0 Å². The van der Waals surface area contributed by atoms with E-state index in [1.165, 1.54) is 11.0 Å². The normalized spacial score (nSPS) is 15.0. The number of hydrogen-bond acceptors (Lipinski definition) is 3. The molecule has 0 radical (unpaired) electrons. The van der Waals surface area contributed by atoms with E-state index in [1.807, 2.05) is 18.2 Å². The van der Waals surface area contributed by atoms with Crippen LogP contribution < -0.4 is 10.1 Å². The molecule has 29 heavy (non-hydrogen) atoms. The molecule has 0 aromatic heterocycles. The Hall–Kier alpha value is -2.89. The SMILES string of the molecule is CC(C(=O)NC1CCCC1)N(Cc1ccccc1F)C(=O)COc1ccccc1. The van der Waals surface area contributed by atoms with Gasteiger partial charge in [-0.25, -0.2) is 4.39 Å². The van der Waals surface area contributed by atoms with Crippen LogP contribution in [0.1, 0.15) is 38.2 Å². The van der Waals surface area contributed by atoms with Gasteiger partial charge in [-0.15, -0.1) is 0 Å². The zero-order valence-electron chi connectivity index (χ0n) is 16.6. The highest BCUT2D eigenvalue weighted by molar-refractivity contribution is 5.88. The second-order valence-corrected chi connectivity index (χ2v) is 7.38. The van der Waals surface area contributed by atoms with Crippen molar-refractivity contribution in [3.63, 3.8) is 0 Å². The lowest BCUT2D eigenvalue weighted by molar-refractivity contribution is -0.142. The predicted molar refractivity (Wildman–Crippen MR) is 109 cm³/mol. The summed E-state index contributed by atoms with van der Waals surface area (Å²) in [7, 11) is 0. The van der Waals surface area contributed by atoms with Gasteiger partial charge >= 0.3 is 0 Å². The van der Waals surface area contributed by atoms with Crippen molar-refractivity contribution in [3.8, 4) is 5.75 Å². The Morgan fingerprint density at radius 2 is 1.76 bits per heavy atom. The van der Waals surface area contributed by atoms with E-state index in [0.29, 0.717) is 11.3 Å².